The second-order valence-electron chi connectivity index (χ2n) is 6.22. The lowest BCUT2D eigenvalue weighted by atomic mass is 9.93. The molecule has 0 unspecified atom stereocenters. The quantitative estimate of drug-likeness (QED) is 0.656. The van der Waals surface area contributed by atoms with E-state index in [1.54, 1.807) is 37.3 Å². The Kier molecular flexibility index (Phi) is 7.44. The molecule has 0 spiro atoms. The van der Waals surface area contributed by atoms with E-state index in [0.29, 0.717) is 5.75 Å². The Balaban J connectivity index is 2.22. The smallest absolute Gasteiger partial charge is 0.432 e. The first-order valence-electron chi connectivity index (χ1n) is 9.20. The molecule has 0 aliphatic heterocycles. The van der Waals surface area contributed by atoms with Crippen molar-refractivity contribution in [2.45, 2.75) is 25.6 Å². The molecule has 6 nitrogen and oxygen atoms in total. The number of carbonyl (C=O) groups is 2. The molecular weight excluding hydrogens is 403 g/mol. The van der Waals surface area contributed by atoms with Gasteiger partial charge in [-0.3, -0.25) is 4.79 Å². The molecule has 0 aromatic heterocycles. The van der Waals surface area contributed by atoms with E-state index >= 15 is 0 Å². The fourth-order valence-corrected chi connectivity index (χ4v) is 2.76. The Bertz CT molecular complexity index is 855. The van der Waals surface area contributed by atoms with Gasteiger partial charge in [-0.15, -0.1) is 0 Å². The summed E-state index contributed by atoms with van der Waals surface area (Å²) in [5.41, 5.74) is -4.23. The number of halogens is 3. The second kappa shape index (κ2) is 9.62. The number of alkyl halides is 3. The first-order chi connectivity index (χ1) is 14.1. The molecule has 0 aliphatic carbocycles. The van der Waals surface area contributed by atoms with Gasteiger partial charge in [0.15, 0.2) is 6.61 Å². The van der Waals surface area contributed by atoms with E-state index in [4.69, 9.17) is 4.74 Å². The molecule has 1 atom stereocenters. The molecule has 2 aromatic carbocycles. The van der Waals surface area contributed by atoms with Crippen molar-refractivity contribution in [2.75, 3.05) is 24.7 Å². The van der Waals surface area contributed by atoms with Gasteiger partial charge in [-0.2, -0.15) is 13.2 Å². The first-order valence-corrected chi connectivity index (χ1v) is 9.20. The fourth-order valence-electron chi connectivity index (χ4n) is 2.76. The molecular formula is C21H22F3NO5. The van der Waals surface area contributed by atoms with Crippen molar-refractivity contribution in [3.05, 3.63) is 60.2 Å². The van der Waals surface area contributed by atoms with Crippen molar-refractivity contribution in [2.24, 2.45) is 0 Å². The normalized spacial score (nSPS) is 13.3. The maximum Gasteiger partial charge on any atom is 0.432 e. The van der Waals surface area contributed by atoms with E-state index in [2.05, 4.69) is 4.74 Å². The molecule has 30 heavy (non-hydrogen) atoms. The van der Waals surface area contributed by atoms with Gasteiger partial charge in [0.1, 0.15) is 5.75 Å². The van der Waals surface area contributed by atoms with Crippen LogP contribution in [0, 0.1) is 0 Å². The van der Waals surface area contributed by atoms with Crippen LogP contribution in [-0.4, -0.2) is 42.9 Å². The van der Waals surface area contributed by atoms with E-state index in [-0.39, 0.29) is 25.4 Å². The van der Waals surface area contributed by atoms with Crippen LogP contribution in [0.25, 0.3) is 0 Å². The number of carbonyl (C=O) groups excluding carboxylic acids is 2. The number of nitrogens with zero attached hydrogens (tertiary/aromatic N) is 1. The third kappa shape index (κ3) is 4.91. The number of anilines is 1. The molecule has 2 rings (SSSR count). The van der Waals surface area contributed by atoms with Crippen LogP contribution < -0.4 is 9.64 Å². The number of amides is 1. The summed E-state index contributed by atoms with van der Waals surface area (Å²) in [4.78, 5) is 25.6. The molecule has 0 saturated carbocycles. The van der Waals surface area contributed by atoms with E-state index in [9.17, 15) is 27.9 Å². The summed E-state index contributed by atoms with van der Waals surface area (Å²) in [5.74, 6) is -1.72. The van der Waals surface area contributed by atoms with E-state index in [0.717, 1.165) is 12.1 Å². The number of aliphatic hydroxyl groups is 1. The minimum Gasteiger partial charge on any atom is -0.484 e. The molecule has 0 radical (unpaired) electrons. The van der Waals surface area contributed by atoms with Gasteiger partial charge in [0.25, 0.3) is 11.5 Å². The number of benzene rings is 2. The van der Waals surface area contributed by atoms with Crippen LogP contribution in [0.2, 0.25) is 0 Å². The molecule has 1 N–H and O–H groups in total. The molecule has 162 valence electrons. The van der Waals surface area contributed by atoms with Crippen molar-refractivity contribution in [1.82, 2.24) is 0 Å². The van der Waals surface area contributed by atoms with E-state index in [1.165, 1.54) is 24.0 Å². The van der Waals surface area contributed by atoms with Crippen LogP contribution in [0.4, 0.5) is 18.9 Å². The molecule has 0 fully saturated rings. The molecule has 0 aliphatic rings. The average Bonchev–Trinajstić information content (AvgIpc) is 2.72. The number of hydrogen-bond acceptors (Lipinski definition) is 5. The van der Waals surface area contributed by atoms with Crippen LogP contribution in [0.3, 0.4) is 0 Å². The molecule has 0 bridgehead atoms. The van der Waals surface area contributed by atoms with E-state index in [1.807, 2.05) is 0 Å². The zero-order chi connectivity index (χ0) is 22.4. The Morgan fingerprint density at radius 2 is 1.60 bits per heavy atom. The Morgan fingerprint density at radius 1 is 1.00 bits per heavy atom. The number of likely N-dealkylation sites (N-methyl/N-ethyl adjacent to an activating group) is 1. The van der Waals surface area contributed by atoms with Crippen molar-refractivity contribution < 1.29 is 37.3 Å². The lowest BCUT2D eigenvalue weighted by Crippen LogP contribution is -2.50. The number of para-hydroxylation sites is 1. The molecule has 9 heteroatoms. The van der Waals surface area contributed by atoms with Crippen molar-refractivity contribution in [3.8, 4) is 5.75 Å². The Labute approximate surface area is 171 Å². The molecule has 1 amide bonds. The molecule has 0 saturated heterocycles. The third-order valence-electron chi connectivity index (χ3n) is 4.30. The highest BCUT2D eigenvalue weighted by molar-refractivity contribution is 5.94. The highest BCUT2D eigenvalue weighted by Crippen LogP contribution is 2.40. The standard InChI is InChI=1S/C21H22F3NO5/c1-3-25(18(26)14-30-17-8-6-5-7-9-17)16-12-10-15(11-13-16)20(28,21(22,23)24)19(27)29-4-2/h5-13,28H,3-4,14H2,1-2H3/t20-/m1/s1. The van der Waals surface area contributed by atoms with E-state index < -0.39 is 29.2 Å². The Hall–Kier alpha value is -3.07. The van der Waals surface area contributed by atoms with Crippen molar-refractivity contribution in [3.63, 3.8) is 0 Å². The minimum absolute atomic E-state index is 0.234. The monoisotopic (exact) mass is 425 g/mol. The van der Waals surface area contributed by atoms with Crippen molar-refractivity contribution in [1.29, 1.82) is 0 Å². The summed E-state index contributed by atoms with van der Waals surface area (Å²) in [6.45, 7) is 2.67. The van der Waals surface area contributed by atoms with Gasteiger partial charge in [0.05, 0.1) is 6.61 Å². The van der Waals surface area contributed by atoms with Gasteiger partial charge >= 0.3 is 12.1 Å². The van der Waals surface area contributed by atoms with Crippen LogP contribution >= 0.6 is 0 Å². The number of rotatable bonds is 8. The third-order valence-corrected chi connectivity index (χ3v) is 4.30. The number of hydrogen-bond donors (Lipinski definition) is 1. The van der Waals surface area contributed by atoms with Crippen LogP contribution in [-0.2, 0) is 19.9 Å². The molecule has 2 aromatic rings. The maximum atomic E-state index is 13.4. The Morgan fingerprint density at radius 3 is 2.10 bits per heavy atom. The summed E-state index contributed by atoms with van der Waals surface area (Å²) in [7, 11) is 0. The van der Waals surface area contributed by atoms with Gasteiger partial charge in [-0.25, -0.2) is 4.79 Å². The number of ether oxygens (including phenoxy) is 2. The largest absolute Gasteiger partial charge is 0.484 e. The average molecular weight is 425 g/mol. The van der Waals surface area contributed by atoms with Crippen LogP contribution in [0.1, 0.15) is 19.4 Å². The highest BCUT2D eigenvalue weighted by Gasteiger charge is 2.62. The minimum atomic E-state index is -5.29. The predicted octanol–water partition coefficient (Wildman–Crippen LogP) is 3.43. The number of esters is 1. The lowest BCUT2D eigenvalue weighted by Gasteiger charge is -2.29. The zero-order valence-electron chi connectivity index (χ0n) is 16.5. The summed E-state index contributed by atoms with van der Waals surface area (Å²) in [6, 6.07) is 13.0. The van der Waals surface area contributed by atoms with Gasteiger partial charge in [-0.05, 0) is 38.1 Å². The molecule has 0 heterocycles. The second-order valence-corrected chi connectivity index (χ2v) is 6.22. The topological polar surface area (TPSA) is 76.1 Å². The lowest BCUT2D eigenvalue weighted by molar-refractivity contribution is -0.267. The van der Waals surface area contributed by atoms with Gasteiger partial charge < -0.3 is 19.5 Å². The summed E-state index contributed by atoms with van der Waals surface area (Å²) in [6.07, 6.45) is -5.29. The van der Waals surface area contributed by atoms with Gasteiger partial charge in [0.2, 0.25) is 0 Å². The van der Waals surface area contributed by atoms with Gasteiger partial charge in [0, 0.05) is 17.8 Å². The SMILES string of the molecule is CCOC(=O)[C@](O)(c1ccc(N(CC)C(=O)COc2ccccc2)cc1)C(F)(F)F. The van der Waals surface area contributed by atoms with Crippen molar-refractivity contribution >= 4 is 17.6 Å². The van der Waals surface area contributed by atoms with Crippen LogP contribution in [0.15, 0.2) is 54.6 Å². The first kappa shape index (κ1) is 23.2. The summed E-state index contributed by atoms with van der Waals surface area (Å²) >= 11 is 0. The zero-order valence-corrected chi connectivity index (χ0v) is 16.5. The maximum absolute atomic E-state index is 13.4. The highest BCUT2D eigenvalue weighted by atomic mass is 19.4. The fraction of sp³-hybridized carbons (Fsp3) is 0.333. The predicted molar refractivity (Wildman–Crippen MR) is 103 cm³/mol. The summed E-state index contributed by atoms with van der Waals surface area (Å²) < 4.78 is 50.2. The van der Waals surface area contributed by atoms with Crippen LogP contribution in [0.5, 0.6) is 5.75 Å². The van der Waals surface area contributed by atoms with Gasteiger partial charge in [-0.1, -0.05) is 30.3 Å². The summed E-state index contributed by atoms with van der Waals surface area (Å²) in [5, 5.41) is 10.1.